The predicted molar refractivity (Wildman–Crippen MR) is 65.9 cm³/mol. The quantitative estimate of drug-likeness (QED) is 0.840. The zero-order valence-electron chi connectivity index (χ0n) is 9.26. The third kappa shape index (κ3) is 3.57. The van der Waals surface area contributed by atoms with Crippen molar-refractivity contribution in [3.63, 3.8) is 0 Å². The molecule has 0 fully saturated rings. The molecule has 8 heteroatoms. The maximum atomic E-state index is 12.9. The summed E-state index contributed by atoms with van der Waals surface area (Å²) in [5.74, 6) is -0.555. The number of nitrogens with zero attached hydrogens (tertiary/aromatic N) is 1. The lowest BCUT2D eigenvalue weighted by Crippen LogP contribution is -2.05. The highest BCUT2D eigenvalue weighted by Crippen LogP contribution is 2.31. The molecule has 0 amide bonds. The van der Waals surface area contributed by atoms with E-state index in [2.05, 4.69) is 10.3 Å². The van der Waals surface area contributed by atoms with Crippen LogP contribution in [0, 0.1) is 5.82 Å². The van der Waals surface area contributed by atoms with Gasteiger partial charge >= 0.3 is 6.18 Å². The number of thiazole rings is 1. The maximum Gasteiger partial charge on any atom is 0.443 e. The van der Waals surface area contributed by atoms with Crippen molar-refractivity contribution in [3.05, 3.63) is 45.1 Å². The minimum Gasteiger partial charge on any atom is -0.379 e. The third-order valence-electron chi connectivity index (χ3n) is 2.19. The van der Waals surface area contributed by atoms with Gasteiger partial charge in [-0.3, -0.25) is 0 Å². The van der Waals surface area contributed by atoms with E-state index in [9.17, 15) is 17.6 Å². The van der Waals surface area contributed by atoms with Crippen molar-refractivity contribution >= 4 is 28.6 Å². The summed E-state index contributed by atoms with van der Waals surface area (Å²) < 4.78 is 49.9. The molecule has 1 aromatic heterocycles. The van der Waals surface area contributed by atoms with Crippen molar-refractivity contribution in [1.29, 1.82) is 0 Å². The fraction of sp³-hybridized carbons (Fsp3) is 0.182. The highest BCUT2D eigenvalue weighted by Gasteiger charge is 2.34. The average Bonchev–Trinajstić information content (AvgIpc) is 2.79. The molecule has 2 aromatic rings. The van der Waals surface area contributed by atoms with E-state index in [0.717, 1.165) is 0 Å². The minimum absolute atomic E-state index is 0.0562. The zero-order valence-corrected chi connectivity index (χ0v) is 10.8. The Hall–Kier alpha value is -1.34. The predicted octanol–water partition coefficient (Wildman–Crippen LogP) is 4.57. The molecule has 0 bridgehead atoms. The molecular weight excluding hydrogens is 304 g/mol. The van der Waals surface area contributed by atoms with Crippen molar-refractivity contribution < 1.29 is 17.6 Å². The molecule has 0 spiro atoms. The number of nitrogens with one attached hydrogen (secondary N) is 1. The SMILES string of the molecule is Fc1ccc(NCc2csc(C(F)(F)F)n2)cc1Cl. The fourth-order valence-corrected chi connectivity index (χ4v) is 2.18. The van der Waals surface area contributed by atoms with Gasteiger partial charge in [0.1, 0.15) is 5.82 Å². The van der Waals surface area contributed by atoms with Gasteiger partial charge in [-0.25, -0.2) is 9.37 Å². The standard InChI is InChI=1S/C11H7ClF4N2S/c12-8-3-6(1-2-9(8)13)17-4-7-5-19-10(18-7)11(14,15)16/h1-3,5,17H,4H2. The van der Waals surface area contributed by atoms with Gasteiger partial charge in [-0.1, -0.05) is 11.6 Å². The van der Waals surface area contributed by atoms with Crippen LogP contribution in [0.2, 0.25) is 5.02 Å². The second-order valence-corrected chi connectivity index (χ2v) is 4.89. The number of benzene rings is 1. The first-order valence-corrected chi connectivity index (χ1v) is 6.32. The van der Waals surface area contributed by atoms with Crippen molar-refractivity contribution in [3.8, 4) is 0 Å². The minimum atomic E-state index is -4.43. The highest BCUT2D eigenvalue weighted by atomic mass is 35.5. The number of rotatable bonds is 3. The molecule has 0 saturated heterocycles. The van der Waals surface area contributed by atoms with Crippen molar-refractivity contribution in [2.45, 2.75) is 12.7 Å². The van der Waals surface area contributed by atoms with E-state index < -0.39 is 17.0 Å². The van der Waals surface area contributed by atoms with E-state index in [1.54, 1.807) is 0 Å². The Labute approximate surface area is 115 Å². The van der Waals surface area contributed by atoms with Crippen LogP contribution in [0.15, 0.2) is 23.6 Å². The first kappa shape index (κ1) is 14.1. The number of aromatic nitrogens is 1. The summed E-state index contributed by atoms with van der Waals surface area (Å²) in [6.07, 6.45) is -4.43. The Bertz CT molecular complexity index is 582. The molecule has 1 heterocycles. The van der Waals surface area contributed by atoms with E-state index in [1.165, 1.54) is 23.6 Å². The zero-order chi connectivity index (χ0) is 14.0. The molecule has 0 aliphatic rings. The normalized spacial score (nSPS) is 11.6. The monoisotopic (exact) mass is 310 g/mol. The van der Waals surface area contributed by atoms with Crippen LogP contribution in [0.1, 0.15) is 10.7 Å². The molecule has 19 heavy (non-hydrogen) atoms. The van der Waals surface area contributed by atoms with E-state index in [4.69, 9.17) is 11.6 Å². The summed E-state index contributed by atoms with van der Waals surface area (Å²) in [6.45, 7) is 0.106. The average molecular weight is 311 g/mol. The summed E-state index contributed by atoms with van der Waals surface area (Å²) >= 11 is 6.12. The van der Waals surface area contributed by atoms with Gasteiger partial charge in [0.25, 0.3) is 0 Å². The number of hydrogen-bond donors (Lipinski definition) is 1. The van der Waals surface area contributed by atoms with Crippen molar-refractivity contribution in [1.82, 2.24) is 4.98 Å². The summed E-state index contributed by atoms with van der Waals surface area (Å²) in [4.78, 5) is 3.46. The Morgan fingerprint density at radius 3 is 2.63 bits per heavy atom. The molecule has 1 aromatic carbocycles. The first-order chi connectivity index (χ1) is 8.86. The summed E-state index contributed by atoms with van der Waals surface area (Å²) in [6, 6.07) is 3.97. The van der Waals surface area contributed by atoms with Crippen LogP contribution < -0.4 is 5.32 Å². The van der Waals surface area contributed by atoms with Gasteiger partial charge in [0, 0.05) is 11.1 Å². The molecule has 102 valence electrons. The number of anilines is 1. The van der Waals surface area contributed by atoms with E-state index in [1.807, 2.05) is 0 Å². The van der Waals surface area contributed by atoms with Gasteiger partial charge < -0.3 is 5.32 Å². The smallest absolute Gasteiger partial charge is 0.379 e. The van der Waals surface area contributed by atoms with Crippen molar-refractivity contribution in [2.75, 3.05) is 5.32 Å². The van der Waals surface area contributed by atoms with Crippen LogP contribution in [-0.2, 0) is 12.7 Å². The first-order valence-electron chi connectivity index (χ1n) is 5.07. The lowest BCUT2D eigenvalue weighted by atomic mass is 10.3. The number of halogens is 5. The second kappa shape index (κ2) is 5.34. The van der Waals surface area contributed by atoms with Gasteiger partial charge in [-0.05, 0) is 18.2 Å². The molecular formula is C11H7ClF4N2S. The van der Waals surface area contributed by atoms with Gasteiger partial charge in [0.2, 0.25) is 0 Å². The Morgan fingerprint density at radius 2 is 2.05 bits per heavy atom. The molecule has 0 radical (unpaired) electrons. The molecule has 2 nitrogen and oxygen atoms in total. The van der Waals surface area contributed by atoms with E-state index in [0.29, 0.717) is 17.0 Å². The topological polar surface area (TPSA) is 24.9 Å². The number of alkyl halides is 3. The Morgan fingerprint density at radius 1 is 1.32 bits per heavy atom. The molecule has 2 rings (SSSR count). The highest BCUT2D eigenvalue weighted by molar-refractivity contribution is 7.09. The molecule has 0 saturated carbocycles. The van der Waals surface area contributed by atoms with E-state index >= 15 is 0 Å². The Kier molecular flexibility index (Phi) is 3.96. The molecule has 1 N–H and O–H groups in total. The summed E-state index contributed by atoms with van der Waals surface area (Å²) in [5.41, 5.74) is 0.769. The van der Waals surface area contributed by atoms with Gasteiger partial charge in [-0.2, -0.15) is 13.2 Å². The second-order valence-electron chi connectivity index (χ2n) is 3.62. The van der Waals surface area contributed by atoms with Crippen LogP contribution in [-0.4, -0.2) is 4.98 Å². The molecule has 0 aliphatic heterocycles. The number of hydrogen-bond acceptors (Lipinski definition) is 3. The lowest BCUT2D eigenvalue weighted by molar-refractivity contribution is -0.137. The van der Waals surface area contributed by atoms with Crippen LogP contribution >= 0.6 is 22.9 Å². The van der Waals surface area contributed by atoms with Crippen LogP contribution in [0.3, 0.4) is 0 Å². The summed E-state index contributed by atoms with van der Waals surface area (Å²) in [7, 11) is 0. The fourth-order valence-electron chi connectivity index (χ4n) is 1.32. The third-order valence-corrected chi connectivity index (χ3v) is 3.41. The van der Waals surface area contributed by atoms with Gasteiger partial charge in [0.05, 0.1) is 17.3 Å². The molecule has 0 aliphatic carbocycles. The van der Waals surface area contributed by atoms with Crippen molar-refractivity contribution in [2.24, 2.45) is 0 Å². The Balaban J connectivity index is 2.02. The molecule has 0 unspecified atom stereocenters. The van der Waals surface area contributed by atoms with Gasteiger partial charge in [0.15, 0.2) is 5.01 Å². The van der Waals surface area contributed by atoms with Gasteiger partial charge in [-0.15, -0.1) is 11.3 Å². The van der Waals surface area contributed by atoms with E-state index in [-0.39, 0.29) is 17.3 Å². The summed E-state index contributed by atoms with van der Waals surface area (Å²) in [5, 5.41) is 3.20. The van der Waals surface area contributed by atoms with Crippen LogP contribution in [0.4, 0.5) is 23.2 Å². The lowest BCUT2D eigenvalue weighted by Gasteiger charge is -2.05. The van der Waals surface area contributed by atoms with Crippen LogP contribution in [0.5, 0.6) is 0 Å². The van der Waals surface area contributed by atoms with Crippen LogP contribution in [0.25, 0.3) is 0 Å². The maximum absolute atomic E-state index is 12.9. The molecule has 0 atom stereocenters. The largest absolute Gasteiger partial charge is 0.443 e.